The Labute approximate surface area is 155 Å². The van der Waals surface area contributed by atoms with E-state index in [9.17, 15) is 10.4 Å². The minimum atomic E-state index is -0.166. The van der Waals surface area contributed by atoms with Crippen molar-refractivity contribution in [1.82, 2.24) is 15.2 Å². The van der Waals surface area contributed by atoms with Gasteiger partial charge in [0.05, 0.1) is 23.5 Å². The first-order valence-corrected chi connectivity index (χ1v) is 8.04. The summed E-state index contributed by atoms with van der Waals surface area (Å²) in [6.45, 7) is 3.74. The predicted octanol–water partition coefficient (Wildman–Crippen LogP) is 3.58. The van der Waals surface area contributed by atoms with E-state index in [4.69, 9.17) is 22.1 Å². The summed E-state index contributed by atoms with van der Waals surface area (Å²) in [4.78, 5) is 4.36. The molecule has 7 nitrogen and oxygen atoms in total. The molecule has 0 radical (unpaired) electrons. The highest BCUT2D eigenvalue weighted by atomic mass is 35.5. The number of phenolic OH excluding ortho intramolecular Hbond substituents is 1. The fraction of sp³-hybridized carbons (Fsp3) is 0.167. The Morgan fingerprint density at radius 3 is 2.62 bits per heavy atom. The SMILES string of the molecule is COc1cc(-c2cc(-c3c(C)n[nH]c3C)nc(N)c2C#N)cc(Cl)c1O. The molecule has 132 valence electrons. The lowest BCUT2D eigenvalue weighted by Gasteiger charge is -2.13. The summed E-state index contributed by atoms with van der Waals surface area (Å²) in [5.74, 6) is 0.132. The van der Waals surface area contributed by atoms with Crippen LogP contribution < -0.4 is 10.5 Å². The minimum absolute atomic E-state index is 0.100. The lowest BCUT2D eigenvalue weighted by molar-refractivity contribution is 0.374. The van der Waals surface area contributed by atoms with Gasteiger partial charge in [-0.15, -0.1) is 0 Å². The largest absolute Gasteiger partial charge is 0.503 e. The van der Waals surface area contributed by atoms with Crippen molar-refractivity contribution >= 4 is 17.4 Å². The first-order chi connectivity index (χ1) is 12.4. The van der Waals surface area contributed by atoms with Crippen LogP contribution in [0.1, 0.15) is 17.0 Å². The summed E-state index contributed by atoms with van der Waals surface area (Å²) < 4.78 is 5.15. The van der Waals surface area contributed by atoms with Crippen LogP contribution in [-0.2, 0) is 0 Å². The number of rotatable bonds is 3. The fourth-order valence-corrected chi connectivity index (χ4v) is 3.06. The molecular weight excluding hydrogens is 354 g/mol. The maximum Gasteiger partial charge on any atom is 0.176 e. The number of nitrogens with zero attached hydrogens (tertiary/aromatic N) is 3. The number of hydrogen-bond acceptors (Lipinski definition) is 6. The van der Waals surface area contributed by atoms with Crippen molar-refractivity contribution in [1.29, 1.82) is 5.26 Å². The number of hydrogen-bond donors (Lipinski definition) is 3. The summed E-state index contributed by atoms with van der Waals surface area (Å²) in [5.41, 5.74) is 10.4. The third kappa shape index (κ3) is 2.80. The molecule has 0 aliphatic rings. The first-order valence-electron chi connectivity index (χ1n) is 7.66. The van der Waals surface area contributed by atoms with Crippen LogP contribution in [0.15, 0.2) is 18.2 Å². The van der Waals surface area contributed by atoms with E-state index in [2.05, 4.69) is 21.3 Å². The number of phenols is 1. The number of methoxy groups -OCH3 is 1. The smallest absolute Gasteiger partial charge is 0.176 e. The van der Waals surface area contributed by atoms with Crippen molar-refractivity contribution in [3.05, 3.63) is 40.2 Å². The molecule has 26 heavy (non-hydrogen) atoms. The lowest BCUT2D eigenvalue weighted by Crippen LogP contribution is -2.00. The second kappa shape index (κ2) is 6.58. The van der Waals surface area contributed by atoms with Crippen molar-refractivity contribution in [3.8, 4) is 40.0 Å². The summed E-state index contributed by atoms with van der Waals surface area (Å²) >= 11 is 6.10. The molecular formula is C18H16ClN5O2. The van der Waals surface area contributed by atoms with E-state index in [1.807, 2.05) is 13.8 Å². The summed E-state index contributed by atoms with van der Waals surface area (Å²) in [7, 11) is 1.42. The number of aromatic nitrogens is 3. The van der Waals surface area contributed by atoms with Crippen molar-refractivity contribution in [2.75, 3.05) is 12.8 Å². The average molecular weight is 370 g/mol. The Hall–Kier alpha value is -3.24. The Bertz CT molecular complexity index is 1030. The quantitative estimate of drug-likeness (QED) is 0.648. The van der Waals surface area contributed by atoms with E-state index < -0.39 is 0 Å². The van der Waals surface area contributed by atoms with Gasteiger partial charge in [-0.2, -0.15) is 10.4 Å². The standard InChI is InChI=1S/C18H16ClN5O2/c1-8-16(9(2)24-23-8)14-6-11(12(7-20)18(21)22-14)10-4-13(19)17(25)15(5-10)26-3/h4-6,25H,1-3H3,(H2,21,22)(H,23,24). The summed E-state index contributed by atoms with van der Waals surface area (Å²) in [5, 5.41) is 26.7. The molecule has 0 spiro atoms. The second-order valence-corrected chi connectivity index (χ2v) is 6.15. The van der Waals surface area contributed by atoms with E-state index in [-0.39, 0.29) is 27.9 Å². The number of pyridine rings is 1. The van der Waals surface area contributed by atoms with Gasteiger partial charge in [0.2, 0.25) is 0 Å². The molecule has 0 atom stereocenters. The number of aryl methyl sites for hydroxylation is 2. The van der Waals surface area contributed by atoms with Crippen LogP contribution in [0.5, 0.6) is 11.5 Å². The van der Waals surface area contributed by atoms with Crippen LogP contribution >= 0.6 is 11.6 Å². The van der Waals surface area contributed by atoms with E-state index in [1.54, 1.807) is 18.2 Å². The second-order valence-electron chi connectivity index (χ2n) is 5.75. The molecule has 0 aliphatic heterocycles. The van der Waals surface area contributed by atoms with E-state index in [1.165, 1.54) is 7.11 Å². The van der Waals surface area contributed by atoms with Crippen LogP contribution in [0.4, 0.5) is 5.82 Å². The van der Waals surface area contributed by atoms with Crippen molar-refractivity contribution in [2.24, 2.45) is 0 Å². The number of aromatic hydroxyl groups is 1. The topological polar surface area (TPSA) is 121 Å². The van der Waals surface area contributed by atoms with Gasteiger partial charge in [-0.25, -0.2) is 4.98 Å². The molecule has 0 bridgehead atoms. The maximum absolute atomic E-state index is 9.96. The van der Waals surface area contributed by atoms with Gasteiger partial charge < -0.3 is 15.6 Å². The molecule has 0 unspecified atom stereocenters. The number of nitrogens with one attached hydrogen (secondary N) is 1. The Balaban J connectivity index is 2.31. The number of benzene rings is 1. The van der Waals surface area contributed by atoms with Gasteiger partial charge in [0.15, 0.2) is 11.5 Å². The number of aromatic amines is 1. The monoisotopic (exact) mass is 369 g/mol. The molecule has 0 fully saturated rings. The lowest BCUT2D eigenvalue weighted by atomic mass is 9.97. The van der Waals surface area contributed by atoms with Crippen LogP contribution in [0.3, 0.4) is 0 Å². The van der Waals surface area contributed by atoms with Gasteiger partial charge in [0, 0.05) is 16.8 Å². The molecule has 0 saturated carbocycles. The number of nitrogen functional groups attached to an aromatic ring is 1. The Morgan fingerprint density at radius 2 is 2.04 bits per heavy atom. The predicted molar refractivity (Wildman–Crippen MR) is 99.1 cm³/mol. The molecule has 0 saturated heterocycles. The van der Waals surface area contributed by atoms with Gasteiger partial charge in [-0.05, 0) is 37.6 Å². The third-order valence-corrected chi connectivity index (χ3v) is 4.39. The molecule has 3 rings (SSSR count). The number of ether oxygens (including phenoxy) is 1. The number of nitriles is 1. The number of nitrogens with two attached hydrogens (primary N) is 1. The first kappa shape index (κ1) is 17.6. The van der Waals surface area contributed by atoms with E-state index >= 15 is 0 Å². The van der Waals surface area contributed by atoms with Gasteiger partial charge in [-0.3, -0.25) is 5.10 Å². The fourth-order valence-electron chi connectivity index (χ4n) is 2.85. The molecule has 3 aromatic rings. The average Bonchev–Trinajstić information content (AvgIpc) is 2.95. The highest BCUT2D eigenvalue weighted by molar-refractivity contribution is 6.32. The van der Waals surface area contributed by atoms with Crippen LogP contribution in [0.2, 0.25) is 5.02 Å². The number of H-pyrrole nitrogens is 1. The maximum atomic E-state index is 9.96. The van der Waals surface area contributed by atoms with Crippen molar-refractivity contribution in [3.63, 3.8) is 0 Å². The molecule has 1 aromatic carbocycles. The highest BCUT2D eigenvalue weighted by Crippen LogP contribution is 2.41. The minimum Gasteiger partial charge on any atom is -0.503 e. The third-order valence-electron chi connectivity index (χ3n) is 4.10. The van der Waals surface area contributed by atoms with Crippen LogP contribution in [0.25, 0.3) is 22.4 Å². The zero-order valence-corrected chi connectivity index (χ0v) is 15.1. The normalized spacial score (nSPS) is 10.6. The van der Waals surface area contributed by atoms with Crippen molar-refractivity contribution in [2.45, 2.75) is 13.8 Å². The zero-order chi connectivity index (χ0) is 19.0. The van der Waals surface area contributed by atoms with Crippen molar-refractivity contribution < 1.29 is 9.84 Å². The van der Waals surface area contributed by atoms with Crippen LogP contribution in [0, 0.1) is 25.2 Å². The molecule has 2 heterocycles. The molecule has 0 aliphatic carbocycles. The molecule has 2 aromatic heterocycles. The van der Waals surface area contributed by atoms with E-state index in [0.29, 0.717) is 16.8 Å². The molecule has 0 amide bonds. The highest BCUT2D eigenvalue weighted by Gasteiger charge is 2.19. The Kier molecular flexibility index (Phi) is 4.45. The van der Waals surface area contributed by atoms with Gasteiger partial charge in [0.25, 0.3) is 0 Å². The zero-order valence-electron chi connectivity index (χ0n) is 14.4. The summed E-state index contributed by atoms with van der Waals surface area (Å²) in [6.07, 6.45) is 0. The van der Waals surface area contributed by atoms with E-state index in [0.717, 1.165) is 17.0 Å². The van der Waals surface area contributed by atoms with Gasteiger partial charge >= 0.3 is 0 Å². The van der Waals surface area contributed by atoms with Crippen LogP contribution in [-0.4, -0.2) is 27.4 Å². The molecule has 4 N–H and O–H groups in total. The number of anilines is 1. The van der Waals surface area contributed by atoms with Gasteiger partial charge in [0.1, 0.15) is 17.5 Å². The summed E-state index contributed by atoms with van der Waals surface area (Å²) in [6, 6.07) is 6.97. The number of halogens is 1. The van der Waals surface area contributed by atoms with Gasteiger partial charge in [-0.1, -0.05) is 11.6 Å². The molecule has 8 heteroatoms. The Morgan fingerprint density at radius 1 is 1.31 bits per heavy atom.